The lowest BCUT2D eigenvalue weighted by atomic mass is 9.99. The Morgan fingerprint density at radius 2 is 2.47 bits per heavy atom. The molecule has 78 valence electrons. The summed E-state index contributed by atoms with van der Waals surface area (Å²) < 4.78 is 7.68. The van der Waals surface area contributed by atoms with E-state index >= 15 is 0 Å². The van der Waals surface area contributed by atoms with Gasteiger partial charge in [-0.15, -0.1) is 0 Å². The highest BCUT2D eigenvalue weighted by molar-refractivity contribution is 5.48. The van der Waals surface area contributed by atoms with Crippen molar-refractivity contribution in [3.8, 4) is 11.6 Å². The highest BCUT2D eigenvalue weighted by atomic mass is 16.3. The zero-order valence-corrected chi connectivity index (χ0v) is 8.81. The molecule has 1 aliphatic heterocycles. The first kappa shape index (κ1) is 8.77. The molecule has 3 rings (SSSR count). The quantitative estimate of drug-likeness (QED) is 0.711. The summed E-state index contributed by atoms with van der Waals surface area (Å²) in [4.78, 5) is 4.46. The van der Waals surface area contributed by atoms with Crippen molar-refractivity contribution in [1.29, 1.82) is 0 Å². The standard InChI is InChI=1S/C12H14N2O/c1-9-4-2-6-14-10(9)8-13-12(14)11-5-3-7-15-11/h3,5,7-9H,2,4,6H2,1H3. The van der Waals surface area contributed by atoms with Crippen molar-refractivity contribution >= 4 is 0 Å². The Kier molecular flexibility index (Phi) is 1.91. The van der Waals surface area contributed by atoms with Crippen LogP contribution in [0.3, 0.4) is 0 Å². The number of imidazole rings is 1. The molecule has 3 heteroatoms. The van der Waals surface area contributed by atoms with Gasteiger partial charge < -0.3 is 8.98 Å². The fourth-order valence-corrected chi connectivity index (χ4v) is 2.32. The van der Waals surface area contributed by atoms with Gasteiger partial charge in [0.05, 0.1) is 6.26 Å². The van der Waals surface area contributed by atoms with Crippen molar-refractivity contribution in [2.45, 2.75) is 32.2 Å². The van der Waals surface area contributed by atoms with E-state index in [2.05, 4.69) is 16.5 Å². The first-order valence-corrected chi connectivity index (χ1v) is 5.45. The summed E-state index contributed by atoms with van der Waals surface area (Å²) in [6.45, 7) is 3.33. The number of nitrogens with zero attached hydrogens (tertiary/aromatic N) is 2. The minimum atomic E-state index is 0.620. The maximum absolute atomic E-state index is 5.40. The number of hydrogen-bond donors (Lipinski definition) is 0. The van der Waals surface area contributed by atoms with E-state index in [0.29, 0.717) is 5.92 Å². The molecule has 0 spiro atoms. The fraction of sp³-hybridized carbons (Fsp3) is 0.417. The third-order valence-electron chi connectivity index (χ3n) is 3.15. The highest BCUT2D eigenvalue weighted by Crippen LogP contribution is 2.31. The maximum Gasteiger partial charge on any atom is 0.176 e. The summed E-state index contributed by atoms with van der Waals surface area (Å²) in [5, 5.41) is 0. The van der Waals surface area contributed by atoms with E-state index in [-0.39, 0.29) is 0 Å². The third kappa shape index (κ3) is 1.30. The molecule has 0 aliphatic carbocycles. The van der Waals surface area contributed by atoms with Crippen LogP contribution in [0.1, 0.15) is 31.4 Å². The van der Waals surface area contributed by atoms with Crippen LogP contribution in [0.4, 0.5) is 0 Å². The zero-order valence-electron chi connectivity index (χ0n) is 8.81. The van der Waals surface area contributed by atoms with Crippen LogP contribution in [0.2, 0.25) is 0 Å². The molecular weight excluding hydrogens is 188 g/mol. The molecule has 0 saturated heterocycles. The molecule has 0 amide bonds. The van der Waals surface area contributed by atoms with Gasteiger partial charge in [-0.2, -0.15) is 0 Å². The predicted molar refractivity (Wildman–Crippen MR) is 57.6 cm³/mol. The second kappa shape index (κ2) is 3.26. The van der Waals surface area contributed by atoms with Gasteiger partial charge >= 0.3 is 0 Å². The molecule has 1 atom stereocenters. The van der Waals surface area contributed by atoms with E-state index in [1.807, 2.05) is 18.3 Å². The van der Waals surface area contributed by atoms with Crippen LogP contribution in [-0.4, -0.2) is 9.55 Å². The molecule has 1 aliphatic rings. The molecular formula is C12H14N2O. The summed E-state index contributed by atoms with van der Waals surface area (Å²) in [5.74, 6) is 2.46. The van der Waals surface area contributed by atoms with Crippen LogP contribution in [0.25, 0.3) is 11.6 Å². The van der Waals surface area contributed by atoms with Crippen molar-refractivity contribution in [3.63, 3.8) is 0 Å². The molecule has 0 bridgehead atoms. The monoisotopic (exact) mass is 202 g/mol. The van der Waals surface area contributed by atoms with Gasteiger partial charge in [0.1, 0.15) is 0 Å². The summed E-state index contributed by atoms with van der Waals surface area (Å²) in [7, 11) is 0. The number of hydrogen-bond acceptors (Lipinski definition) is 2. The first-order valence-electron chi connectivity index (χ1n) is 5.45. The van der Waals surface area contributed by atoms with Crippen molar-refractivity contribution in [2.75, 3.05) is 0 Å². The van der Waals surface area contributed by atoms with Gasteiger partial charge in [0.25, 0.3) is 0 Å². The van der Waals surface area contributed by atoms with Crippen LogP contribution in [0.5, 0.6) is 0 Å². The Morgan fingerprint density at radius 3 is 3.27 bits per heavy atom. The molecule has 2 aromatic rings. The average molecular weight is 202 g/mol. The predicted octanol–water partition coefficient (Wildman–Crippen LogP) is 3.04. The van der Waals surface area contributed by atoms with Gasteiger partial charge in [0.2, 0.25) is 0 Å². The zero-order chi connectivity index (χ0) is 10.3. The van der Waals surface area contributed by atoms with Crippen molar-refractivity contribution in [1.82, 2.24) is 9.55 Å². The molecule has 3 nitrogen and oxygen atoms in total. The van der Waals surface area contributed by atoms with E-state index in [4.69, 9.17) is 4.42 Å². The normalized spacial score (nSPS) is 20.2. The second-order valence-electron chi connectivity index (χ2n) is 4.18. The summed E-state index contributed by atoms with van der Waals surface area (Å²) in [6, 6.07) is 3.87. The Labute approximate surface area is 88.7 Å². The maximum atomic E-state index is 5.40. The Hall–Kier alpha value is -1.51. The van der Waals surface area contributed by atoms with Crippen molar-refractivity contribution < 1.29 is 4.42 Å². The van der Waals surface area contributed by atoms with Gasteiger partial charge in [-0.05, 0) is 30.9 Å². The van der Waals surface area contributed by atoms with Gasteiger partial charge in [-0.1, -0.05) is 6.92 Å². The van der Waals surface area contributed by atoms with E-state index < -0.39 is 0 Å². The average Bonchev–Trinajstić information content (AvgIpc) is 2.85. The minimum Gasteiger partial charge on any atom is -0.461 e. The summed E-state index contributed by atoms with van der Waals surface area (Å²) >= 11 is 0. The molecule has 0 fully saturated rings. The minimum absolute atomic E-state index is 0.620. The first-order chi connectivity index (χ1) is 7.36. The van der Waals surface area contributed by atoms with E-state index in [1.54, 1.807) is 6.26 Å². The van der Waals surface area contributed by atoms with Crippen LogP contribution in [0, 0.1) is 0 Å². The molecule has 2 aromatic heterocycles. The number of fused-ring (bicyclic) bond motifs is 1. The second-order valence-corrected chi connectivity index (χ2v) is 4.18. The number of rotatable bonds is 1. The van der Waals surface area contributed by atoms with Gasteiger partial charge in [-0.25, -0.2) is 4.98 Å². The molecule has 0 N–H and O–H groups in total. The van der Waals surface area contributed by atoms with Crippen LogP contribution < -0.4 is 0 Å². The Bertz CT molecular complexity index is 456. The smallest absolute Gasteiger partial charge is 0.176 e. The van der Waals surface area contributed by atoms with Crippen LogP contribution in [-0.2, 0) is 6.54 Å². The molecule has 0 saturated carbocycles. The molecule has 0 radical (unpaired) electrons. The molecule has 1 unspecified atom stereocenters. The lowest BCUT2D eigenvalue weighted by Crippen LogP contribution is -2.13. The summed E-state index contributed by atoms with van der Waals surface area (Å²) in [6.07, 6.45) is 6.19. The van der Waals surface area contributed by atoms with Crippen molar-refractivity contribution in [3.05, 3.63) is 30.3 Å². The largest absolute Gasteiger partial charge is 0.461 e. The molecule has 3 heterocycles. The third-order valence-corrected chi connectivity index (χ3v) is 3.15. The SMILES string of the molecule is CC1CCCn2c1cnc2-c1ccco1. The van der Waals surface area contributed by atoms with Crippen molar-refractivity contribution in [2.24, 2.45) is 0 Å². The Morgan fingerprint density at radius 1 is 1.53 bits per heavy atom. The lowest BCUT2D eigenvalue weighted by molar-refractivity contribution is 0.472. The summed E-state index contributed by atoms with van der Waals surface area (Å²) in [5.41, 5.74) is 1.34. The Balaban J connectivity index is 2.11. The van der Waals surface area contributed by atoms with Gasteiger partial charge in [0.15, 0.2) is 11.6 Å². The lowest BCUT2D eigenvalue weighted by Gasteiger charge is -2.21. The van der Waals surface area contributed by atoms with Gasteiger partial charge in [-0.3, -0.25) is 0 Å². The van der Waals surface area contributed by atoms with Crippen LogP contribution in [0.15, 0.2) is 29.0 Å². The fourth-order valence-electron chi connectivity index (χ4n) is 2.32. The van der Waals surface area contributed by atoms with E-state index in [0.717, 1.165) is 18.1 Å². The topological polar surface area (TPSA) is 31.0 Å². The van der Waals surface area contributed by atoms with E-state index in [1.165, 1.54) is 18.5 Å². The number of aromatic nitrogens is 2. The van der Waals surface area contributed by atoms with E-state index in [9.17, 15) is 0 Å². The molecule has 0 aromatic carbocycles. The molecule has 15 heavy (non-hydrogen) atoms. The highest BCUT2D eigenvalue weighted by Gasteiger charge is 2.21. The number of furan rings is 1. The van der Waals surface area contributed by atoms with Gasteiger partial charge in [0, 0.05) is 18.4 Å². The van der Waals surface area contributed by atoms with Crippen LogP contribution >= 0.6 is 0 Å².